The van der Waals surface area contributed by atoms with Crippen molar-refractivity contribution in [3.05, 3.63) is 70.8 Å². The number of nitrogens with one attached hydrogen (secondary N) is 1. The third-order valence-electron chi connectivity index (χ3n) is 2.92. The van der Waals surface area contributed by atoms with Crippen LogP contribution in [-0.4, -0.2) is 18.4 Å². The highest BCUT2D eigenvalue weighted by molar-refractivity contribution is 5.84. The Kier molecular flexibility index (Phi) is 5.43. The SMILES string of the molecule is Cc1ccc(/C=N\N=C(\N)N/N=C/c2ccc(C)cc2)cc1. The molecule has 112 valence electrons. The van der Waals surface area contributed by atoms with Gasteiger partial charge in [0, 0.05) is 0 Å². The van der Waals surface area contributed by atoms with Crippen LogP contribution in [0, 0.1) is 13.8 Å². The molecule has 0 aliphatic carbocycles. The molecular formula is C17H19N5. The summed E-state index contributed by atoms with van der Waals surface area (Å²) in [5.41, 5.74) is 12.6. The predicted octanol–water partition coefficient (Wildman–Crippen LogP) is 2.58. The summed E-state index contributed by atoms with van der Waals surface area (Å²) >= 11 is 0. The standard InChI is InChI=1S/C17H19N5/c1-13-3-7-15(8-4-13)11-19-21-17(18)22-20-12-16-9-5-14(2)6-10-16/h3-12H,1-2H3,(H3,18,21,22)/b19-11-,20-12+. The van der Waals surface area contributed by atoms with Crippen LogP contribution in [0.1, 0.15) is 22.3 Å². The van der Waals surface area contributed by atoms with Crippen LogP contribution in [0.5, 0.6) is 0 Å². The minimum Gasteiger partial charge on any atom is -0.367 e. The number of nitrogens with two attached hydrogens (primary N) is 1. The molecule has 0 aliphatic heterocycles. The molecule has 0 unspecified atom stereocenters. The first-order chi connectivity index (χ1) is 10.6. The van der Waals surface area contributed by atoms with Gasteiger partial charge >= 0.3 is 0 Å². The Labute approximate surface area is 130 Å². The van der Waals surface area contributed by atoms with Gasteiger partial charge in [-0.15, -0.1) is 5.10 Å². The molecule has 5 nitrogen and oxygen atoms in total. The van der Waals surface area contributed by atoms with E-state index >= 15 is 0 Å². The van der Waals surface area contributed by atoms with Crippen LogP contribution >= 0.6 is 0 Å². The van der Waals surface area contributed by atoms with E-state index in [1.54, 1.807) is 12.4 Å². The summed E-state index contributed by atoms with van der Waals surface area (Å²) in [6.45, 7) is 4.07. The molecular weight excluding hydrogens is 274 g/mol. The zero-order valence-corrected chi connectivity index (χ0v) is 12.7. The Morgan fingerprint density at radius 3 is 1.91 bits per heavy atom. The second-order valence-electron chi connectivity index (χ2n) is 4.92. The second kappa shape index (κ2) is 7.73. The van der Waals surface area contributed by atoms with Gasteiger partial charge in [-0.1, -0.05) is 59.7 Å². The normalized spacial score (nSPS) is 12.2. The summed E-state index contributed by atoms with van der Waals surface area (Å²) in [5.74, 6) is 0.131. The number of hydrazone groups is 1. The average Bonchev–Trinajstić information content (AvgIpc) is 2.51. The molecule has 0 aliphatic rings. The Balaban J connectivity index is 1.87. The van der Waals surface area contributed by atoms with Gasteiger partial charge in [0.25, 0.3) is 0 Å². The average molecular weight is 293 g/mol. The van der Waals surface area contributed by atoms with Crippen molar-refractivity contribution in [3.63, 3.8) is 0 Å². The Morgan fingerprint density at radius 1 is 0.864 bits per heavy atom. The molecule has 2 aromatic carbocycles. The van der Waals surface area contributed by atoms with Gasteiger partial charge in [-0.3, -0.25) is 0 Å². The summed E-state index contributed by atoms with van der Waals surface area (Å²) in [6, 6.07) is 15.9. The Bertz CT molecular complexity index is 682. The molecule has 2 aromatic rings. The van der Waals surface area contributed by atoms with Crippen LogP contribution in [0.3, 0.4) is 0 Å². The minimum atomic E-state index is 0.131. The van der Waals surface area contributed by atoms with E-state index in [-0.39, 0.29) is 5.96 Å². The zero-order chi connectivity index (χ0) is 15.8. The fourth-order valence-corrected chi connectivity index (χ4v) is 1.66. The van der Waals surface area contributed by atoms with E-state index in [9.17, 15) is 0 Å². The van der Waals surface area contributed by atoms with Gasteiger partial charge in [-0.25, -0.2) is 5.43 Å². The third kappa shape index (κ3) is 5.20. The zero-order valence-electron chi connectivity index (χ0n) is 12.7. The molecule has 0 heterocycles. The number of hydrogen-bond acceptors (Lipinski definition) is 3. The largest absolute Gasteiger partial charge is 0.367 e. The topological polar surface area (TPSA) is 75.1 Å². The van der Waals surface area contributed by atoms with Gasteiger partial charge in [0.15, 0.2) is 0 Å². The summed E-state index contributed by atoms with van der Waals surface area (Å²) in [7, 11) is 0. The van der Waals surface area contributed by atoms with Crippen LogP contribution in [-0.2, 0) is 0 Å². The van der Waals surface area contributed by atoms with Crippen LogP contribution < -0.4 is 11.2 Å². The minimum absolute atomic E-state index is 0.131. The van der Waals surface area contributed by atoms with E-state index in [2.05, 4.69) is 20.7 Å². The third-order valence-corrected chi connectivity index (χ3v) is 2.92. The lowest BCUT2D eigenvalue weighted by molar-refractivity contribution is 0.994. The Hall–Kier alpha value is -2.95. The smallest absolute Gasteiger partial charge is 0.234 e. The fraction of sp³-hybridized carbons (Fsp3) is 0.118. The van der Waals surface area contributed by atoms with Gasteiger partial charge in [0.2, 0.25) is 5.96 Å². The number of nitrogens with zero attached hydrogens (tertiary/aromatic N) is 3. The molecule has 0 saturated heterocycles. The molecule has 0 saturated carbocycles. The van der Waals surface area contributed by atoms with Gasteiger partial charge in [0.05, 0.1) is 12.4 Å². The van der Waals surface area contributed by atoms with Crippen molar-refractivity contribution in [1.29, 1.82) is 0 Å². The predicted molar refractivity (Wildman–Crippen MR) is 92.3 cm³/mol. The van der Waals surface area contributed by atoms with E-state index in [0.29, 0.717) is 0 Å². The molecule has 0 radical (unpaired) electrons. The van der Waals surface area contributed by atoms with Gasteiger partial charge in [0.1, 0.15) is 0 Å². The molecule has 2 rings (SSSR count). The molecule has 0 bridgehead atoms. The number of benzene rings is 2. The molecule has 0 fully saturated rings. The van der Waals surface area contributed by atoms with E-state index in [4.69, 9.17) is 5.73 Å². The van der Waals surface area contributed by atoms with Crippen molar-refractivity contribution < 1.29 is 0 Å². The summed E-state index contributed by atoms with van der Waals surface area (Å²) < 4.78 is 0. The highest BCUT2D eigenvalue weighted by Crippen LogP contribution is 2.00. The highest BCUT2D eigenvalue weighted by atomic mass is 15.4. The van der Waals surface area contributed by atoms with E-state index in [1.165, 1.54) is 11.1 Å². The van der Waals surface area contributed by atoms with E-state index in [0.717, 1.165) is 11.1 Å². The van der Waals surface area contributed by atoms with Gasteiger partial charge in [-0.2, -0.15) is 10.2 Å². The first-order valence-electron chi connectivity index (χ1n) is 6.92. The van der Waals surface area contributed by atoms with Crippen molar-refractivity contribution in [3.8, 4) is 0 Å². The van der Waals surface area contributed by atoms with Crippen LogP contribution in [0.25, 0.3) is 0 Å². The highest BCUT2D eigenvalue weighted by Gasteiger charge is 1.89. The lowest BCUT2D eigenvalue weighted by Gasteiger charge is -1.97. The van der Waals surface area contributed by atoms with Crippen molar-refractivity contribution >= 4 is 18.4 Å². The van der Waals surface area contributed by atoms with Gasteiger partial charge in [-0.05, 0) is 25.0 Å². The molecule has 0 aromatic heterocycles. The molecule has 0 atom stereocenters. The molecule has 3 N–H and O–H groups in total. The molecule has 5 heteroatoms. The molecule has 22 heavy (non-hydrogen) atoms. The summed E-state index contributed by atoms with van der Waals surface area (Å²) in [4.78, 5) is 0. The maximum atomic E-state index is 5.66. The van der Waals surface area contributed by atoms with E-state index in [1.807, 2.05) is 62.4 Å². The van der Waals surface area contributed by atoms with Gasteiger partial charge < -0.3 is 5.73 Å². The number of hydrogen-bond donors (Lipinski definition) is 2. The molecule has 0 spiro atoms. The lowest BCUT2D eigenvalue weighted by atomic mass is 10.2. The van der Waals surface area contributed by atoms with Crippen molar-refractivity contribution in [2.45, 2.75) is 13.8 Å². The van der Waals surface area contributed by atoms with Crippen molar-refractivity contribution in [2.75, 3.05) is 0 Å². The van der Waals surface area contributed by atoms with E-state index < -0.39 is 0 Å². The van der Waals surface area contributed by atoms with Crippen LogP contribution in [0.2, 0.25) is 0 Å². The summed E-state index contributed by atoms with van der Waals surface area (Å²) in [6.07, 6.45) is 3.31. The first-order valence-corrected chi connectivity index (χ1v) is 6.92. The number of rotatable bonds is 4. The van der Waals surface area contributed by atoms with Crippen LogP contribution in [0.15, 0.2) is 63.8 Å². The lowest BCUT2D eigenvalue weighted by Crippen LogP contribution is -2.26. The monoisotopic (exact) mass is 293 g/mol. The maximum absolute atomic E-state index is 5.66. The fourth-order valence-electron chi connectivity index (χ4n) is 1.66. The first kappa shape index (κ1) is 15.4. The second-order valence-corrected chi connectivity index (χ2v) is 4.92. The number of aryl methyl sites for hydroxylation is 2. The van der Waals surface area contributed by atoms with Crippen LogP contribution in [0.4, 0.5) is 0 Å². The van der Waals surface area contributed by atoms with Crippen molar-refractivity contribution in [1.82, 2.24) is 5.43 Å². The summed E-state index contributed by atoms with van der Waals surface area (Å²) in [5, 5.41) is 11.7. The molecule has 0 amide bonds. The Morgan fingerprint density at radius 2 is 1.36 bits per heavy atom. The quantitative estimate of drug-likeness (QED) is 0.516. The maximum Gasteiger partial charge on any atom is 0.234 e. The van der Waals surface area contributed by atoms with Crippen molar-refractivity contribution in [2.24, 2.45) is 21.0 Å². The number of guanidine groups is 1.